The van der Waals surface area contributed by atoms with E-state index in [0.29, 0.717) is 26.1 Å². The Hall–Kier alpha value is -1.16. The number of nitriles is 1. The molecule has 1 aliphatic rings. The number of carbonyl (C=O) groups is 1. The van der Waals surface area contributed by atoms with Crippen LogP contribution in [0, 0.1) is 11.3 Å². The second kappa shape index (κ2) is 8.86. The Labute approximate surface area is 115 Å². The molecule has 0 aliphatic carbocycles. The lowest BCUT2D eigenvalue weighted by atomic mass is 10.3. The monoisotopic (exact) mass is 268 g/mol. The maximum Gasteiger partial charge on any atom is 0.236 e. The third-order valence-electron chi connectivity index (χ3n) is 3.44. The van der Waals surface area contributed by atoms with Gasteiger partial charge in [0, 0.05) is 33.2 Å². The summed E-state index contributed by atoms with van der Waals surface area (Å²) in [6, 6.07) is 2.05. The second-order valence-corrected chi connectivity index (χ2v) is 4.92. The summed E-state index contributed by atoms with van der Waals surface area (Å²) in [6.07, 6.45) is 1.40. The molecule has 1 aliphatic heterocycles. The molecule has 0 radical (unpaired) electrons. The van der Waals surface area contributed by atoms with Gasteiger partial charge in [0.25, 0.3) is 0 Å². The minimum atomic E-state index is 0.0749. The minimum Gasteiger partial charge on any atom is -0.395 e. The highest BCUT2D eigenvalue weighted by molar-refractivity contribution is 5.78. The van der Waals surface area contributed by atoms with Crippen LogP contribution in [0.4, 0.5) is 0 Å². The van der Waals surface area contributed by atoms with Gasteiger partial charge >= 0.3 is 0 Å². The number of amides is 1. The topological polar surface area (TPSA) is 70.8 Å². The van der Waals surface area contributed by atoms with Gasteiger partial charge in [0.15, 0.2) is 0 Å². The molecule has 6 heteroatoms. The molecule has 0 saturated carbocycles. The summed E-state index contributed by atoms with van der Waals surface area (Å²) in [5, 5.41) is 17.4. The van der Waals surface area contributed by atoms with Crippen molar-refractivity contribution in [3.8, 4) is 6.07 Å². The molecule has 108 valence electrons. The average Bonchev–Trinajstić information content (AvgIpc) is 2.62. The van der Waals surface area contributed by atoms with Crippen molar-refractivity contribution in [2.24, 2.45) is 0 Å². The molecule has 0 aromatic carbocycles. The minimum absolute atomic E-state index is 0.0749. The molecule has 0 bridgehead atoms. The van der Waals surface area contributed by atoms with Gasteiger partial charge in [-0.25, -0.2) is 0 Å². The number of nitrogens with zero attached hydrogens (tertiary/aromatic N) is 4. The number of hydrogen-bond acceptors (Lipinski definition) is 5. The first kappa shape index (κ1) is 15.9. The zero-order valence-electron chi connectivity index (χ0n) is 11.7. The molecule has 1 N–H and O–H groups in total. The molecule has 1 amide bonds. The third kappa shape index (κ3) is 6.01. The highest BCUT2D eigenvalue weighted by Crippen LogP contribution is 2.03. The van der Waals surface area contributed by atoms with Crippen molar-refractivity contribution in [3.63, 3.8) is 0 Å². The number of hydrogen-bond donors (Lipinski definition) is 1. The standard InChI is InChI=1S/C13H24N4O2/c1-15(5-2-4-14)13(19)12-17-7-3-6-16(8-9-17)10-11-18/h18H,2-3,5-12H2,1H3. The van der Waals surface area contributed by atoms with Gasteiger partial charge in [-0.15, -0.1) is 0 Å². The van der Waals surface area contributed by atoms with Crippen LogP contribution in [-0.4, -0.2) is 85.2 Å². The van der Waals surface area contributed by atoms with Crippen molar-refractivity contribution in [1.82, 2.24) is 14.7 Å². The number of carbonyl (C=O) groups excluding carboxylic acids is 1. The lowest BCUT2D eigenvalue weighted by Crippen LogP contribution is -2.40. The van der Waals surface area contributed by atoms with Gasteiger partial charge in [0.1, 0.15) is 0 Å². The van der Waals surface area contributed by atoms with Gasteiger partial charge in [-0.3, -0.25) is 14.6 Å². The van der Waals surface area contributed by atoms with Crippen LogP contribution in [0.15, 0.2) is 0 Å². The van der Waals surface area contributed by atoms with Crippen molar-refractivity contribution in [3.05, 3.63) is 0 Å². The highest BCUT2D eigenvalue weighted by atomic mass is 16.3. The van der Waals surface area contributed by atoms with Crippen LogP contribution in [0.5, 0.6) is 0 Å². The average molecular weight is 268 g/mol. The van der Waals surface area contributed by atoms with Crippen LogP contribution in [0.1, 0.15) is 12.8 Å². The Balaban J connectivity index is 2.32. The van der Waals surface area contributed by atoms with Gasteiger partial charge < -0.3 is 10.0 Å². The van der Waals surface area contributed by atoms with E-state index in [1.165, 1.54) is 0 Å². The number of aliphatic hydroxyl groups excluding tert-OH is 1. The second-order valence-electron chi connectivity index (χ2n) is 4.92. The Kier molecular flexibility index (Phi) is 7.41. The summed E-state index contributed by atoms with van der Waals surface area (Å²) >= 11 is 0. The molecule has 19 heavy (non-hydrogen) atoms. The Morgan fingerprint density at radius 3 is 2.68 bits per heavy atom. The van der Waals surface area contributed by atoms with Gasteiger partial charge in [-0.1, -0.05) is 0 Å². The van der Waals surface area contributed by atoms with Crippen LogP contribution in [-0.2, 0) is 4.79 Å². The Morgan fingerprint density at radius 1 is 1.32 bits per heavy atom. The molecule has 1 fully saturated rings. The van der Waals surface area contributed by atoms with E-state index in [1.54, 1.807) is 11.9 Å². The van der Waals surface area contributed by atoms with E-state index in [0.717, 1.165) is 32.6 Å². The van der Waals surface area contributed by atoms with Crippen molar-refractivity contribution in [2.45, 2.75) is 12.8 Å². The Morgan fingerprint density at radius 2 is 2.00 bits per heavy atom. The summed E-state index contributed by atoms with van der Waals surface area (Å²) in [5.41, 5.74) is 0. The largest absolute Gasteiger partial charge is 0.395 e. The van der Waals surface area contributed by atoms with Crippen molar-refractivity contribution < 1.29 is 9.90 Å². The Bertz CT molecular complexity index is 316. The zero-order valence-corrected chi connectivity index (χ0v) is 11.7. The number of β-amino-alcohol motifs (C(OH)–C–C–N with tert-alkyl or cyclic N) is 1. The first-order valence-electron chi connectivity index (χ1n) is 6.84. The molecule has 0 unspecified atom stereocenters. The van der Waals surface area contributed by atoms with E-state index in [9.17, 15) is 4.79 Å². The normalized spacial score (nSPS) is 17.7. The van der Waals surface area contributed by atoms with Gasteiger partial charge in [0.05, 0.1) is 25.6 Å². The van der Waals surface area contributed by atoms with Gasteiger partial charge in [0.2, 0.25) is 5.91 Å². The van der Waals surface area contributed by atoms with E-state index in [-0.39, 0.29) is 12.5 Å². The fraction of sp³-hybridized carbons (Fsp3) is 0.846. The predicted molar refractivity (Wildman–Crippen MR) is 72.4 cm³/mol. The first-order chi connectivity index (χ1) is 9.17. The maximum atomic E-state index is 12.0. The van der Waals surface area contributed by atoms with Crippen molar-refractivity contribution >= 4 is 5.91 Å². The van der Waals surface area contributed by atoms with Crippen LogP contribution in [0.2, 0.25) is 0 Å². The van der Waals surface area contributed by atoms with E-state index in [4.69, 9.17) is 10.4 Å². The van der Waals surface area contributed by atoms with Gasteiger partial charge in [-0.05, 0) is 19.5 Å². The molecule has 1 rings (SSSR count). The summed E-state index contributed by atoms with van der Waals surface area (Å²) in [4.78, 5) is 18.0. The third-order valence-corrected chi connectivity index (χ3v) is 3.44. The first-order valence-corrected chi connectivity index (χ1v) is 6.84. The fourth-order valence-corrected chi connectivity index (χ4v) is 2.20. The zero-order chi connectivity index (χ0) is 14.1. The molecular formula is C13H24N4O2. The van der Waals surface area contributed by atoms with E-state index < -0.39 is 0 Å². The number of aliphatic hydroxyl groups is 1. The molecule has 0 atom stereocenters. The molecule has 0 spiro atoms. The van der Waals surface area contributed by atoms with Crippen LogP contribution in [0.25, 0.3) is 0 Å². The SMILES string of the molecule is CN(CCC#N)C(=O)CN1CCCN(CCO)CC1. The quantitative estimate of drug-likeness (QED) is 0.694. The number of rotatable bonds is 6. The van der Waals surface area contributed by atoms with Crippen LogP contribution >= 0.6 is 0 Å². The summed E-state index contributed by atoms with van der Waals surface area (Å²) < 4.78 is 0. The summed E-state index contributed by atoms with van der Waals surface area (Å²) in [5.74, 6) is 0.0749. The lowest BCUT2D eigenvalue weighted by Gasteiger charge is -2.23. The van der Waals surface area contributed by atoms with E-state index in [1.807, 2.05) is 6.07 Å². The molecular weight excluding hydrogens is 244 g/mol. The summed E-state index contributed by atoms with van der Waals surface area (Å²) in [6.45, 7) is 5.48. The van der Waals surface area contributed by atoms with Crippen LogP contribution < -0.4 is 0 Å². The smallest absolute Gasteiger partial charge is 0.236 e. The molecule has 1 saturated heterocycles. The highest BCUT2D eigenvalue weighted by Gasteiger charge is 2.18. The van der Waals surface area contributed by atoms with Crippen LogP contribution in [0.3, 0.4) is 0 Å². The lowest BCUT2D eigenvalue weighted by molar-refractivity contribution is -0.131. The van der Waals surface area contributed by atoms with Crippen molar-refractivity contribution in [2.75, 3.05) is 59.5 Å². The van der Waals surface area contributed by atoms with Crippen molar-refractivity contribution in [1.29, 1.82) is 5.26 Å². The van der Waals surface area contributed by atoms with E-state index in [2.05, 4.69) is 9.80 Å². The molecule has 1 heterocycles. The molecule has 0 aromatic rings. The number of likely N-dealkylation sites (N-methyl/N-ethyl adjacent to an activating group) is 1. The molecule has 6 nitrogen and oxygen atoms in total. The predicted octanol–water partition coefficient (Wildman–Crippen LogP) is -0.642. The fourth-order valence-electron chi connectivity index (χ4n) is 2.20. The van der Waals surface area contributed by atoms with Gasteiger partial charge in [-0.2, -0.15) is 5.26 Å². The molecule has 0 aromatic heterocycles. The maximum absolute atomic E-state index is 12.0. The van der Waals surface area contributed by atoms with E-state index >= 15 is 0 Å². The summed E-state index contributed by atoms with van der Waals surface area (Å²) in [7, 11) is 1.75.